The molecule has 412 valence electrons. The van der Waals surface area contributed by atoms with Crippen LogP contribution in [0.2, 0.25) is 0 Å². The number of carbonyl (C=O) groups is 4. The van der Waals surface area contributed by atoms with Crippen molar-refractivity contribution in [3.8, 4) is 0 Å². The van der Waals surface area contributed by atoms with Crippen LogP contribution in [0.5, 0.6) is 0 Å². The molecule has 6 saturated carbocycles. The number of nitrogens with two attached hydrogens (primary N) is 1. The highest BCUT2D eigenvalue weighted by Crippen LogP contribution is 2.70. The summed E-state index contributed by atoms with van der Waals surface area (Å²) in [4.78, 5) is 49.0. The number of rotatable bonds is 1. The highest BCUT2D eigenvalue weighted by atomic mass is 127. The van der Waals surface area contributed by atoms with Crippen LogP contribution in [-0.2, 0) is 43.9 Å². The predicted molar refractivity (Wildman–Crippen MR) is 262 cm³/mol. The first-order chi connectivity index (χ1) is 34.6. The summed E-state index contributed by atoms with van der Waals surface area (Å²) >= 11 is 1.23. The van der Waals surface area contributed by atoms with Crippen LogP contribution in [-0.4, -0.2) is 35.7 Å². The molecule has 15 atom stereocenters. The monoisotopic (exact) mass is 1180 g/mol. The fourth-order valence-electron chi connectivity index (χ4n) is 16.7. The van der Waals surface area contributed by atoms with E-state index in [4.69, 9.17) is 5.73 Å². The average Bonchev–Trinajstić information content (AvgIpc) is 3.83. The molecule has 0 aromatic heterocycles. The minimum Gasteiger partial charge on any atom is -0.369 e. The lowest BCUT2D eigenvalue weighted by Crippen LogP contribution is -2.59. The van der Waals surface area contributed by atoms with Crippen molar-refractivity contribution in [2.75, 3.05) is 5.32 Å². The second-order valence-electron chi connectivity index (χ2n) is 23.5. The van der Waals surface area contributed by atoms with Crippen LogP contribution in [0.1, 0.15) is 133 Å². The third-order valence-corrected chi connectivity index (χ3v) is 21.0. The largest absolute Gasteiger partial charge is 0.418 e. The van der Waals surface area contributed by atoms with Gasteiger partial charge in [0, 0.05) is 33.8 Å². The highest BCUT2D eigenvalue weighted by molar-refractivity contribution is 14.1. The molecule has 5 N–H and O–H groups in total. The smallest absolute Gasteiger partial charge is 0.369 e. The fraction of sp³-hybridized carbons (Fsp3) is 0.630. The minimum absolute atomic E-state index is 0. The van der Waals surface area contributed by atoms with E-state index in [0.717, 1.165) is 44.9 Å². The zero-order valence-electron chi connectivity index (χ0n) is 41.4. The number of carbonyl (C=O) groups excluding carboxylic acids is 4. The van der Waals surface area contributed by atoms with Crippen LogP contribution in [0.15, 0.2) is 54.6 Å². The summed E-state index contributed by atoms with van der Waals surface area (Å²) in [5.41, 5.74) is -0.697. The predicted octanol–water partition coefficient (Wildman–Crippen LogP) is 13.2. The van der Waals surface area contributed by atoms with Crippen molar-refractivity contribution in [1.29, 1.82) is 0 Å². The molecular formula is C54H61F12IN4O4. The molecule has 3 heterocycles. The van der Waals surface area contributed by atoms with Gasteiger partial charge >= 0.3 is 24.7 Å². The number of hydrogen-bond acceptors (Lipinski definition) is 4. The topological polar surface area (TPSA) is 130 Å². The average molecular weight is 1180 g/mol. The van der Waals surface area contributed by atoms with Crippen molar-refractivity contribution in [3.63, 3.8) is 0 Å². The van der Waals surface area contributed by atoms with Gasteiger partial charge in [-0.25, -0.2) is 0 Å². The Morgan fingerprint density at radius 3 is 1.60 bits per heavy atom. The summed E-state index contributed by atoms with van der Waals surface area (Å²) in [6.45, 7) is 8.68. The van der Waals surface area contributed by atoms with Gasteiger partial charge in [-0.05, 0) is 194 Å². The summed E-state index contributed by atoms with van der Waals surface area (Å²) in [5, 5.41) is 8.53. The lowest BCUT2D eigenvalue weighted by Gasteiger charge is -2.58. The van der Waals surface area contributed by atoms with E-state index in [1.807, 2.05) is 13.0 Å². The second-order valence-corrected chi connectivity index (χ2v) is 24.7. The van der Waals surface area contributed by atoms with Crippen LogP contribution in [0, 0.1) is 72.6 Å². The van der Waals surface area contributed by atoms with E-state index in [-0.39, 0.29) is 77.6 Å². The summed E-state index contributed by atoms with van der Waals surface area (Å²) in [6, 6.07) is 2.52. The Labute approximate surface area is 441 Å². The van der Waals surface area contributed by atoms with Gasteiger partial charge in [0.05, 0.1) is 33.9 Å². The number of hydrogen-bond donors (Lipinski definition) is 4. The first-order valence-corrected chi connectivity index (χ1v) is 26.6. The quantitative estimate of drug-likeness (QED) is 0.167. The number of amides is 4. The maximum atomic E-state index is 14.1. The first-order valence-electron chi connectivity index (χ1n) is 25.5. The van der Waals surface area contributed by atoms with Crippen molar-refractivity contribution < 1.29 is 73.3 Å². The number of fused-ring (bicyclic) bond motifs is 14. The van der Waals surface area contributed by atoms with E-state index in [9.17, 15) is 71.9 Å². The molecule has 3 aliphatic heterocycles. The van der Waals surface area contributed by atoms with Gasteiger partial charge in [0.25, 0.3) is 0 Å². The molecule has 9 aliphatic rings. The van der Waals surface area contributed by atoms with Crippen molar-refractivity contribution in [2.24, 2.45) is 74.7 Å². The fourth-order valence-corrected chi connectivity index (χ4v) is 17.5. The summed E-state index contributed by atoms with van der Waals surface area (Å²) in [6.07, 6.45) is -1.99. The molecule has 2 aromatic rings. The van der Waals surface area contributed by atoms with Crippen molar-refractivity contribution in [2.45, 2.75) is 141 Å². The molecule has 6 fully saturated rings. The number of primary amides is 1. The molecule has 8 nitrogen and oxygen atoms in total. The molecule has 11 rings (SSSR count). The molecule has 0 spiro atoms. The van der Waals surface area contributed by atoms with Gasteiger partial charge in [-0.3, -0.25) is 19.2 Å². The van der Waals surface area contributed by atoms with Gasteiger partial charge in [-0.15, -0.1) is 0 Å². The van der Waals surface area contributed by atoms with Crippen LogP contribution in [0.4, 0.5) is 58.4 Å². The van der Waals surface area contributed by atoms with Crippen LogP contribution in [0.25, 0.3) is 0 Å². The molecular weight excluding hydrogens is 1120 g/mol. The lowest BCUT2D eigenvalue weighted by atomic mass is 9.48. The Balaban J connectivity index is 0.000000167. The number of nitrogens with one attached hydrogen (secondary N) is 3. The van der Waals surface area contributed by atoms with Crippen LogP contribution >= 0.6 is 22.6 Å². The Morgan fingerprint density at radius 1 is 0.613 bits per heavy atom. The van der Waals surface area contributed by atoms with E-state index >= 15 is 0 Å². The van der Waals surface area contributed by atoms with Gasteiger partial charge in [0.15, 0.2) is 0 Å². The maximum absolute atomic E-state index is 14.1. The van der Waals surface area contributed by atoms with Crippen LogP contribution in [0.3, 0.4) is 0 Å². The number of alkyl halides is 12. The van der Waals surface area contributed by atoms with Crippen molar-refractivity contribution in [1.82, 2.24) is 10.6 Å². The molecule has 0 saturated heterocycles. The molecule has 6 aliphatic carbocycles. The van der Waals surface area contributed by atoms with E-state index in [1.54, 1.807) is 12.2 Å². The van der Waals surface area contributed by atoms with Gasteiger partial charge in [0.1, 0.15) is 0 Å². The molecule has 0 radical (unpaired) electrons. The minimum atomic E-state index is -4.90. The Hall–Kier alpha value is -4.31. The Kier molecular flexibility index (Phi) is 13.8. The van der Waals surface area contributed by atoms with Crippen molar-refractivity contribution >= 4 is 51.9 Å². The zero-order valence-corrected chi connectivity index (χ0v) is 43.6. The third-order valence-electron chi connectivity index (χ3n) is 20.1. The summed E-state index contributed by atoms with van der Waals surface area (Å²) < 4.78 is 156. The van der Waals surface area contributed by atoms with Gasteiger partial charge in [0.2, 0.25) is 23.6 Å². The van der Waals surface area contributed by atoms with E-state index in [0.29, 0.717) is 60.9 Å². The molecule has 21 heteroatoms. The molecule has 4 amide bonds. The highest BCUT2D eigenvalue weighted by Gasteiger charge is 2.66. The van der Waals surface area contributed by atoms with Gasteiger partial charge in [-0.1, -0.05) is 39.8 Å². The number of benzene rings is 2. The Bertz CT molecular complexity index is 2730. The standard InChI is InChI=1S/C27H28F6N2O2.C19H28N2O2.C8H3F6I.H2/c1-24-10-8-19(36)34-18(24)6-3-12-14(24)7-9-25(2)17(12)11-13-20-15(26(28,29)30)4-5-16(27(31,32)33)22(20)35-23(37)21(13)25;1-18-9-7-13-11(12(18)4-5-14(18)17(20)23)3-6-15-19(13,2)10-8-16(22)21-15;9-7(10,11)4-1-2-5(6(15)3-4)8(12,13)14;/h4-5,8,10,12-14,17-18,21H,3,6-7,9,11H2,1-2H3,(H,34,36)(H,35,37);8,10-15H,3-7,9H2,1-2H3,(H2,20,23)(H,21,22);1-3H;1H/t12-,13?,14+,17?,18-,21-,24-,25+;11?,12?,13?,14?,15?,18-,19+;;/m10../s1. The summed E-state index contributed by atoms with van der Waals surface area (Å²) in [5.74, 6) is -0.473. The van der Waals surface area contributed by atoms with E-state index < -0.39 is 84.9 Å². The zero-order chi connectivity index (χ0) is 55.0. The van der Waals surface area contributed by atoms with Gasteiger partial charge < -0.3 is 21.7 Å². The first kappa shape index (κ1) is 55.4. The molecule has 75 heavy (non-hydrogen) atoms. The molecule has 7 unspecified atom stereocenters. The van der Waals surface area contributed by atoms with Crippen LogP contribution < -0.4 is 21.7 Å². The van der Waals surface area contributed by atoms with Gasteiger partial charge in [-0.2, -0.15) is 52.7 Å². The van der Waals surface area contributed by atoms with Crippen molar-refractivity contribution in [3.05, 3.63) is 86.0 Å². The number of halogens is 13. The second kappa shape index (κ2) is 18.7. The molecule has 2 aromatic carbocycles. The maximum Gasteiger partial charge on any atom is 0.418 e. The van der Waals surface area contributed by atoms with E-state index in [1.165, 1.54) is 29.0 Å². The lowest BCUT2D eigenvalue weighted by molar-refractivity contribution is -0.142. The normalized spacial score (nSPS) is 38.4. The Morgan fingerprint density at radius 2 is 1.11 bits per heavy atom. The summed E-state index contributed by atoms with van der Waals surface area (Å²) in [7, 11) is 0. The SMILES string of the molecule is C[C@]12C=CC(=O)NC1CCC1C2CC[C@]2(C)C(C(N)=O)CCC12.C[C@]12C=CC(=O)N[C@@H]1CC[C@H]1C3CC4c5c(C(F)(F)F)ccc(C(F)(F)F)c5NC(=O)[C@@H]4[C@@]3(C)CC[C@@H]12.FC(F)(F)c1ccc(C(F)(F)F)c(I)c1.[HH]. The number of anilines is 1. The molecule has 0 bridgehead atoms. The third kappa shape index (κ3) is 9.36. The van der Waals surface area contributed by atoms with E-state index in [2.05, 4.69) is 42.8 Å².